The highest BCUT2D eigenvalue weighted by Crippen LogP contribution is 2.36. The van der Waals surface area contributed by atoms with Crippen molar-refractivity contribution in [3.05, 3.63) is 25.2 Å². The number of hydrogen-bond donors (Lipinski definition) is 0. The zero-order chi connectivity index (χ0) is 22.4. The van der Waals surface area contributed by atoms with Gasteiger partial charge in [-0.05, 0) is 97.2 Å². The van der Waals surface area contributed by atoms with Crippen LogP contribution in [-0.2, 0) is 4.74 Å². The number of rotatable bonds is 3. The van der Waals surface area contributed by atoms with Gasteiger partial charge in [0.25, 0.3) is 0 Å². The second-order valence-corrected chi connectivity index (χ2v) is 10.5. The number of nitrogens with zero attached hydrogens (tertiary/aromatic N) is 4. The largest absolute Gasteiger partial charge is 0.444 e. The lowest BCUT2D eigenvalue weighted by Gasteiger charge is -2.34. The smallest absolute Gasteiger partial charge is 0.410 e. The van der Waals surface area contributed by atoms with Gasteiger partial charge >= 0.3 is 6.09 Å². The molecule has 6 nitrogen and oxygen atoms in total. The molecular formula is C20H24BrClFIN4O2. The van der Waals surface area contributed by atoms with Gasteiger partial charge in [-0.3, -0.25) is 0 Å². The topological polar surface area (TPSA) is 58.6 Å². The van der Waals surface area contributed by atoms with Crippen molar-refractivity contribution in [2.75, 3.05) is 18.0 Å². The minimum Gasteiger partial charge on any atom is -0.444 e. The van der Waals surface area contributed by atoms with Gasteiger partial charge in [-0.2, -0.15) is 4.98 Å². The summed E-state index contributed by atoms with van der Waals surface area (Å²) in [6.07, 6.45) is 0.414. The molecule has 1 aliphatic heterocycles. The normalized spacial score (nSPS) is 19.4. The van der Waals surface area contributed by atoms with Crippen molar-refractivity contribution in [3.63, 3.8) is 0 Å². The molecule has 1 saturated heterocycles. The van der Waals surface area contributed by atoms with Crippen LogP contribution in [0.4, 0.5) is 15.0 Å². The van der Waals surface area contributed by atoms with E-state index in [9.17, 15) is 9.18 Å². The van der Waals surface area contributed by atoms with Crippen molar-refractivity contribution in [1.29, 1.82) is 0 Å². The Morgan fingerprint density at radius 3 is 2.73 bits per heavy atom. The Bertz CT molecular complexity index is 988. The standard InChI is InChI=1S/C20H24BrClFIN4O2/c1-6-27(13-7-8-28(10(13)2)19(29)30-20(3,4)5)17-11-9-12(24)14(21)15(23)16(11)25-18(22)26-17/h9-10,13H,6-8H2,1-5H3/t10-,13-/m1/s1. The highest BCUT2D eigenvalue weighted by Gasteiger charge is 2.40. The molecular weight excluding hydrogens is 590 g/mol. The minimum atomic E-state index is -0.558. The van der Waals surface area contributed by atoms with Crippen LogP contribution >= 0.6 is 50.1 Å². The van der Waals surface area contributed by atoms with E-state index >= 15 is 0 Å². The molecule has 0 spiro atoms. The number of halogens is 4. The van der Waals surface area contributed by atoms with Gasteiger partial charge in [0.1, 0.15) is 16.9 Å². The SMILES string of the molecule is CCN(c1nc(Cl)nc2c(F)c(Br)c(I)cc12)[C@@H]1CCN(C(=O)OC(C)(C)C)[C@@H]1C. The maximum Gasteiger partial charge on any atom is 0.410 e. The Balaban J connectivity index is 2.01. The third kappa shape index (κ3) is 4.62. The van der Waals surface area contributed by atoms with E-state index < -0.39 is 11.4 Å². The third-order valence-corrected chi connectivity index (χ3v) is 7.67. The van der Waals surface area contributed by atoms with Gasteiger partial charge in [0.05, 0.1) is 16.6 Å². The number of benzene rings is 1. The number of likely N-dealkylation sites (tertiary alicyclic amines) is 1. The predicted octanol–water partition coefficient (Wildman–Crippen LogP) is 6.01. The molecule has 1 aromatic heterocycles. The van der Waals surface area contributed by atoms with E-state index in [2.05, 4.69) is 53.4 Å². The molecule has 2 heterocycles. The highest BCUT2D eigenvalue weighted by atomic mass is 127. The number of anilines is 1. The van der Waals surface area contributed by atoms with E-state index in [1.807, 2.05) is 40.7 Å². The molecule has 1 aliphatic rings. The Labute approximate surface area is 202 Å². The summed E-state index contributed by atoms with van der Waals surface area (Å²) in [6, 6.07) is 1.73. The van der Waals surface area contributed by atoms with Crippen LogP contribution < -0.4 is 4.90 Å². The van der Waals surface area contributed by atoms with Crippen LogP contribution in [0.25, 0.3) is 10.9 Å². The fourth-order valence-electron chi connectivity index (χ4n) is 3.81. The number of fused-ring (bicyclic) bond motifs is 1. The molecule has 0 aliphatic carbocycles. The molecule has 0 saturated carbocycles. The van der Waals surface area contributed by atoms with Gasteiger partial charge in [-0.15, -0.1) is 0 Å². The van der Waals surface area contributed by atoms with Crippen molar-refractivity contribution >= 4 is 72.9 Å². The molecule has 0 radical (unpaired) electrons. The first-order chi connectivity index (χ1) is 13.9. The lowest BCUT2D eigenvalue weighted by Crippen LogP contribution is -2.47. The van der Waals surface area contributed by atoms with Crippen LogP contribution in [-0.4, -0.2) is 51.7 Å². The van der Waals surface area contributed by atoms with Crippen molar-refractivity contribution in [2.24, 2.45) is 0 Å². The van der Waals surface area contributed by atoms with Crippen molar-refractivity contribution in [2.45, 2.75) is 58.7 Å². The van der Waals surface area contributed by atoms with Crippen molar-refractivity contribution in [1.82, 2.24) is 14.9 Å². The van der Waals surface area contributed by atoms with Gasteiger partial charge in [0.15, 0.2) is 5.82 Å². The maximum atomic E-state index is 14.9. The first-order valence-electron chi connectivity index (χ1n) is 9.71. The third-order valence-electron chi connectivity index (χ3n) is 5.13. The zero-order valence-electron chi connectivity index (χ0n) is 17.5. The summed E-state index contributed by atoms with van der Waals surface area (Å²) in [5, 5.41) is 0.576. The maximum absolute atomic E-state index is 14.9. The molecule has 3 rings (SSSR count). The average molecular weight is 614 g/mol. The van der Waals surface area contributed by atoms with Crippen molar-refractivity contribution < 1.29 is 13.9 Å². The summed E-state index contributed by atoms with van der Waals surface area (Å²) < 4.78 is 21.5. The lowest BCUT2D eigenvalue weighted by atomic mass is 10.1. The second-order valence-electron chi connectivity index (χ2n) is 8.26. The van der Waals surface area contributed by atoms with Gasteiger partial charge < -0.3 is 14.5 Å². The van der Waals surface area contributed by atoms with Crippen LogP contribution in [0.3, 0.4) is 0 Å². The summed E-state index contributed by atoms with van der Waals surface area (Å²) in [5.41, 5.74) is -0.387. The fourth-order valence-corrected chi connectivity index (χ4v) is 4.82. The molecule has 0 bridgehead atoms. The van der Waals surface area contributed by atoms with Gasteiger partial charge in [-0.25, -0.2) is 14.2 Å². The Kier molecular flexibility index (Phi) is 7.03. The van der Waals surface area contributed by atoms with E-state index in [1.54, 1.807) is 4.90 Å². The van der Waals surface area contributed by atoms with Crippen LogP contribution in [0.1, 0.15) is 41.0 Å². The first kappa shape index (κ1) is 23.7. The number of amides is 1. The van der Waals surface area contributed by atoms with E-state index in [0.717, 1.165) is 9.99 Å². The molecule has 0 N–H and O–H groups in total. The summed E-state index contributed by atoms with van der Waals surface area (Å²) in [7, 11) is 0. The van der Waals surface area contributed by atoms with Gasteiger partial charge in [0.2, 0.25) is 5.28 Å². The van der Waals surface area contributed by atoms with E-state index in [1.165, 1.54) is 0 Å². The predicted molar refractivity (Wildman–Crippen MR) is 129 cm³/mol. The second kappa shape index (κ2) is 8.90. The molecule has 0 unspecified atom stereocenters. The monoisotopic (exact) mass is 612 g/mol. The summed E-state index contributed by atoms with van der Waals surface area (Å²) in [5.74, 6) is 0.105. The number of likely N-dealkylation sites (N-methyl/N-ethyl adjacent to an activating group) is 1. The Hall–Kier alpha value is -0.940. The number of ether oxygens (including phenoxy) is 1. The van der Waals surface area contributed by atoms with E-state index in [4.69, 9.17) is 16.3 Å². The van der Waals surface area contributed by atoms with E-state index in [-0.39, 0.29) is 29.0 Å². The zero-order valence-corrected chi connectivity index (χ0v) is 22.0. The number of hydrogen-bond acceptors (Lipinski definition) is 5. The molecule has 164 valence electrons. The molecule has 10 heteroatoms. The minimum absolute atomic E-state index is 0.0129. The molecule has 2 aromatic rings. The summed E-state index contributed by atoms with van der Waals surface area (Å²) in [4.78, 5) is 25.0. The van der Waals surface area contributed by atoms with Gasteiger partial charge in [-0.1, -0.05) is 0 Å². The lowest BCUT2D eigenvalue weighted by molar-refractivity contribution is 0.0233. The number of carbonyl (C=O) groups is 1. The molecule has 1 fully saturated rings. The van der Waals surface area contributed by atoms with Crippen LogP contribution in [0.15, 0.2) is 10.5 Å². The molecule has 2 atom stereocenters. The quantitative estimate of drug-likeness (QED) is 0.241. The Morgan fingerprint density at radius 1 is 1.47 bits per heavy atom. The van der Waals surface area contributed by atoms with Crippen LogP contribution in [0.5, 0.6) is 0 Å². The molecule has 30 heavy (non-hydrogen) atoms. The highest BCUT2D eigenvalue weighted by molar-refractivity contribution is 14.1. The van der Waals surface area contributed by atoms with Crippen LogP contribution in [0.2, 0.25) is 5.28 Å². The van der Waals surface area contributed by atoms with Gasteiger partial charge in [0, 0.05) is 22.0 Å². The Morgan fingerprint density at radius 2 is 2.13 bits per heavy atom. The van der Waals surface area contributed by atoms with Crippen molar-refractivity contribution in [3.8, 4) is 0 Å². The molecule has 1 amide bonds. The van der Waals surface area contributed by atoms with Crippen LogP contribution in [0, 0.1) is 9.39 Å². The fraction of sp³-hybridized carbons (Fsp3) is 0.550. The number of aromatic nitrogens is 2. The summed E-state index contributed by atoms with van der Waals surface area (Å²) >= 11 is 11.5. The number of carbonyl (C=O) groups excluding carboxylic acids is 1. The average Bonchev–Trinajstić information content (AvgIpc) is 3.02. The first-order valence-corrected chi connectivity index (χ1v) is 12.0. The van der Waals surface area contributed by atoms with E-state index in [0.29, 0.717) is 28.8 Å². The molecule has 1 aromatic carbocycles. The summed E-state index contributed by atoms with van der Waals surface area (Å²) in [6.45, 7) is 10.8.